The molecule has 0 spiro atoms. The minimum Gasteiger partial charge on any atom is -0.872 e. The molecule has 0 aromatic heterocycles. The van der Waals surface area contributed by atoms with Crippen molar-refractivity contribution in [3.05, 3.63) is 64.2 Å². The number of ether oxygens (including phenoxy) is 2. The van der Waals surface area contributed by atoms with Crippen LogP contribution in [0.3, 0.4) is 0 Å². The molecule has 2 aromatic rings. The molecule has 1 aliphatic heterocycles. The zero-order valence-corrected chi connectivity index (χ0v) is 13.4. The molecule has 0 fully saturated rings. The fourth-order valence-corrected chi connectivity index (χ4v) is 2.59. The monoisotopic (exact) mass is 339 g/mol. The molecular formula is C19H15O6-. The van der Waals surface area contributed by atoms with Gasteiger partial charge in [-0.25, -0.2) is 4.79 Å². The smallest absolute Gasteiger partial charge is 0.335 e. The number of aryl methyl sites for hydroxylation is 1. The molecule has 0 aliphatic carbocycles. The summed E-state index contributed by atoms with van der Waals surface area (Å²) in [5.74, 6) is -1.41. The lowest BCUT2D eigenvalue weighted by Crippen LogP contribution is -2.13. The number of carbonyl (C=O) groups excluding carboxylic acids is 1. The van der Waals surface area contributed by atoms with Gasteiger partial charge >= 0.3 is 5.97 Å². The maximum atomic E-state index is 12.3. The molecule has 6 heteroatoms. The van der Waals surface area contributed by atoms with Crippen LogP contribution in [0.25, 0.3) is 6.08 Å². The normalized spacial score (nSPS) is 13.3. The van der Waals surface area contributed by atoms with E-state index in [-0.39, 0.29) is 30.3 Å². The Balaban J connectivity index is 1.97. The summed E-state index contributed by atoms with van der Waals surface area (Å²) in [5, 5.41) is 21.0. The highest BCUT2D eigenvalue weighted by molar-refractivity contribution is 6.08. The summed E-state index contributed by atoms with van der Waals surface area (Å²) in [6.45, 7) is 2.07. The number of carbonyl (C=O) groups is 2. The van der Waals surface area contributed by atoms with E-state index in [0.29, 0.717) is 16.9 Å². The molecule has 0 bridgehead atoms. The summed E-state index contributed by atoms with van der Waals surface area (Å²) < 4.78 is 10.6. The van der Waals surface area contributed by atoms with E-state index in [0.717, 1.165) is 5.56 Å². The van der Waals surface area contributed by atoms with Gasteiger partial charge in [0.15, 0.2) is 12.6 Å². The first-order valence-corrected chi connectivity index (χ1v) is 7.56. The van der Waals surface area contributed by atoms with Gasteiger partial charge in [0.05, 0.1) is 12.2 Å². The lowest BCUT2D eigenvalue weighted by molar-refractivity contribution is -0.268. The molecule has 3 rings (SSSR count). The number of hydrogen-bond acceptors (Lipinski definition) is 5. The second-order valence-electron chi connectivity index (χ2n) is 5.67. The van der Waals surface area contributed by atoms with Crippen LogP contribution < -0.4 is 9.84 Å². The van der Waals surface area contributed by atoms with Gasteiger partial charge in [-0.3, -0.25) is 4.79 Å². The number of carboxylic acid groups (broad SMARTS) is 1. The Labute approximate surface area is 143 Å². The number of fused-ring (bicyclic) bond motifs is 1. The quantitative estimate of drug-likeness (QED) is 0.679. The van der Waals surface area contributed by atoms with Crippen molar-refractivity contribution < 1.29 is 29.3 Å². The molecule has 0 saturated carbocycles. The molecule has 6 nitrogen and oxygen atoms in total. The van der Waals surface area contributed by atoms with Crippen LogP contribution in [0.2, 0.25) is 0 Å². The fourth-order valence-electron chi connectivity index (χ4n) is 2.59. The Bertz CT molecular complexity index is 882. The first-order chi connectivity index (χ1) is 12.0. The van der Waals surface area contributed by atoms with Crippen LogP contribution in [-0.4, -0.2) is 23.7 Å². The van der Waals surface area contributed by atoms with E-state index in [2.05, 4.69) is 0 Å². The Morgan fingerprint density at radius 2 is 2.04 bits per heavy atom. The second-order valence-corrected chi connectivity index (χ2v) is 5.67. The first kappa shape index (κ1) is 16.7. The molecule has 0 unspecified atom stereocenters. The van der Waals surface area contributed by atoms with Crippen molar-refractivity contribution in [2.75, 3.05) is 6.79 Å². The van der Waals surface area contributed by atoms with Crippen molar-refractivity contribution in [1.29, 1.82) is 0 Å². The molecule has 128 valence electrons. The molecule has 1 N–H and O–H groups in total. The summed E-state index contributed by atoms with van der Waals surface area (Å²) in [6.07, 6.45) is 2.71. The minimum absolute atomic E-state index is 0.0524. The standard InChI is InChI=1S/C19H16O6/c1-11-2-4-16(20)15(6-11)17(21)5-3-12-7-13(19(22)23)8-14-9-24-10-25-18(12)14/h2-8,20H,9-10H2,1H3,(H,22,23)/p-1/b5-3+. The molecule has 0 radical (unpaired) electrons. The number of carboxylic acids is 1. The molecule has 25 heavy (non-hydrogen) atoms. The summed E-state index contributed by atoms with van der Waals surface area (Å²) >= 11 is 0. The van der Waals surface area contributed by atoms with Gasteiger partial charge in [-0.2, -0.15) is 0 Å². The SMILES string of the molecule is Cc1ccc([O-])c(C(=O)/C=C/c2cc(C(=O)O)cc3c2OCOC3)c1. The average molecular weight is 339 g/mol. The highest BCUT2D eigenvalue weighted by Gasteiger charge is 2.18. The van der Waals surface area contributed by atoms with Gasteiger partial charge in [-0.1, -0.05) is 23.4 Å². The maximum absolute atomic E-state index is 12.3. The van der Waals surface area contributed by atoms with Crippen LogP contribution in [0.4, 0.5) is 0 Å². The van der Waals surface area contributed by atoms with E-state index in [9.17, 15) is 19.8 Å². The van der Waals surface area contributed by atoms with Crippen molar-refractivity contribution in [2.45, 2.75) is 13.5 Å². The average Bonchev–Trinajstić information content (AvgIpc) is 2.61. The van der Waals surface area contributed by atoms with Gasteiger partial charge in [-0.05, 0) is 37.3 Å². The predicted molar refractivity (Wildman–Crippen MR) is 87.7 cm³/mol. The number of allylic oxidation sites excluding steroid dienone is 1. The lowest BCUT2D eigenvalue weighted by atomic mass is 10.0. The zero-order valence-electron chi connectivity index (χ0n) is 13.4. The predicted octanol–water partition coefficient (Wildman–Crippen LogP) is 2.53. The van der Waals surface area contributed by atoms with Crippen molar-refractivity contribution in [2.24, 2.45) is 0 Å². The largest absolute Gasteiger partial charge is 0.872 e. The van der Waals surface area contributed by atoms with Crippen molar-refractivity contribution in [3.8, 4) is 11.5 Å². The Morgan fingerprint density at radius 3 is 2.80 bits per heavy atom. The van der Waals surface area contributed by atoms with E-state index in [1.807, 2.05) is 0 Å². The third kappa shape index (κ3) is 3.54. The zero-order chi connectivity index (χ0) is 18.0. The molecule has 1 aliphatic rings. The van der Waals surface area contributed by atoms with E-state index in [1.54, 1.807) is 13.0 Å². The van der Waals surface area contributed by atoms with Gasteiger partial charge < -0.3 is 19.7 Å². The second kappa shape index (κ2) is 6.78. The summed E-state index contributed by atoms with van der Waals surface area (Å²) in [7, 11) is 0. The van der Waals surface area contributed by atoms with Crippen LogP contribution in [0.15, 0.2) is 36.4 Å². The van der Waals surface area contributed by atoms with Gasteiger partial charge in [0.1, 0.15) is 5.75 Å². The molecule has 1 heterocycles. The topological polar surface area (TPSA) is 95.9 Å². The Morgan fingerprint density at radius 1 is 1.24 bits per heavy atom. The number of rotatable bonds is 4. The number of hydrogen-bond donors (Lipinski definition) is 1. The number of benzene rings is 2. The van der Waals surface area contributed by atoms with E-state index >= 15 is 0 Å². The number of ketones is 1. The third-order valence-corrected chi connectivity index (χ3v) is 3.80. The van der Waals surface area contributed by atoms with E-state index in [1.165, 1.54) is 36.4 Å². The van der Waals surface area contributed by atoms with Crippen molar-refractivity contribution in [3.63, 3.8) is 0 Å². The van der Waals surface area contributed by atoms with Crippen LogP contribution in [0.1, 0.15) is 37.4 Å². The fraction of sp³-hybridized carbons (Fsp3) is 0.158. The molecule has 2 aromatic carbocycles. The number of aromatic carboxylic acids is 1. The molecule has 0 saturated heterocycles. The van der Waals surface area contributed by atoms with Crippen LogP contribution in [0, 0.1) is 6.92 Å². The van der Waals surface area contributed by atoms with Crippen molar-refractivity contribution >= 4 is 17.8 Å². The Kier molecular flexibility index (Phi) is 4.54. The van der Waals surface area contributed by atoms with Crippen molar-refractivity contribution in [1.82, 2.24) is 0 Å². The van der Waals surface area contributed by atoms with Crippen LogP contribution >= 0.6 is 0 Å². The maximum Gasteiger partial charge on any atom is 0.335 e. The van der Waals surface area contributed by atoms with E-state index < -0.39 is 11.8 Å². The summed E-state index contributed by atoms with van der Waals surface area (Å²) in [6, 6.07) is 7.42. The minimum atomic E-state index is -1.09. The third-order valence-electron chi connectivity index (χ3n) is 3.80. The van der Waals surface area contributed by atoms with Gasteiger partial charge in [-0.15, -0.1) is 0 Å². The highest BCUT2D eigenvalue weighted by atomic mass is 16.7. The van der Waals surface area contributed by atoms with Crippen LogP contribution in [0.5, 0.6) is 11.5 Å². The Hall–Kier alpha value is -3.12. The van der Waals surface area contributed by atoms with E-state index in [4.69, 9.17) is 9.47 Å². The van der Waals surface area contributed by atoms with Gasteiger partial charge in [0.25, 0.3) is 0 Å². The molecule has 0 atom stereocenters. The summed E-state index contributed by atoms with van der Waals surface area (Å²) in [4.78, 5) is 23.6. The van der Waals surface area contributed by atoms with Crippen LogP contribution in [-0.2, 0) is 11.3 Å². The summed E-state index contributed by atoms with van der Waals surface area (Å²) in [5.41, 5.74) is 2.00. The lowest BCUT2D eigenvalue weighted by Gasteiger charge is -2.20. The van der Waals surface area contributed by atoms with Gasteiger partial charge in [0.2, 0.25) is 0 Å². The first-order valence-electron chi connectivity index (χ1n) is 7.56. The highest BCUT2D eigenvalue weighted by Crippen LogP contribution is 2.31. The van der Waals surface area contributed by atoms with Gasteiger partial charge in [0, 0.05) is 16.7 Å². The molecule has 0 amide bonds. The molecular weight excluding hydrogens is 324 g/mol.